The van der Waals surface area contributed by atoms with Crippen molar-refractivity contribution in [2.24, 2.45) is 0 Å². The minimum absolute atomic E-state index is 0.0155. The van der Waals surface area contributed by atoms with Gasteiger partial charge in [0.05, 0.1) is 0 Å². The highest BCUT2D eigenvalue weighted by Gasteiger charge is 2.10. The molecule has 1 aliphatic heterocycles. The van der Waals surface area contributed by atoms with Gasteiger partial charge in [0.2, 0.25) is 5.91 Å². The van der Waals surface area contributed by atoms with E-state index < -0.39 is 0 Å². The topological polar surface area (TPSA) is 32.3 Å². The largest absolute Gasteiger partial charge is 0.351 e. The molecule has 0 saturated carbocycles. The average Bonchev–Trinajstić information content (AvgIpc) is 2.57. The molecule has 3 heteroatoms. The van der Waals surface area contributed by atoms with Gasteiger partial charge in [-0.2, -0.15) is 0 Å². The zero-order chi connectivity index (χ0) is 9.52. The summed E-state index contributed by atoms with van der Waals surface area (Å²) in [5.41, 5.74) is 0. The number of nitrogens with one attached hydrogen (secondary N) is 1. The van der Waals surface area contributed by atoms with Gasteiger partial charge in [0.25, 0.3) is 0 Å². The van der Waals surface area contributed by atoms with E-state index in [9.17, 15) is 4.79 Å². The molecule has 74 valence electrons. The van der Waals surface area contributed by atoms with Crippen molar-refractivity contribution in [1.29, 1.82) is 0 Å². The SMILES string of the molecule is CC=CC(=O)NCCN1CCCC1. The standard InChI is InChI=1S/C10H18N2O/c1-2-5-10(13)11-6-9-12-7-3-4-8-12/h2,5H,3-4,6-9H2,1H3,(H,11,13). The van der Waals surface area contributed by atoms with Gasteiger partial charge in [-0.25, -0.2) is 0 Å². The van der Waals surface area contributed by atoms with Gasteiger partial charge >= 0.3 is 0 Å². The highest BCUT2D eigenvalue weighted by molar-refractivity contribution is 5.87. The molecule has 1 heterocycles. The van der Waals surface area contributed by atoms with Crippen LogP contribution in [0.1, 0.15) is 19.8 Å². The van der Waals surface area contributed by atoms with Crippen LogP contribution in [0.4, 0.5) is 0 Å². The average molecular weight is 182 g/mol. The molecule has 0 spiro atoms. The van der Waals surface area contributed by atoms with Gasteiger partial charge in [-0.15, -0.1) is 0 Å². The fraction of sp³-hybridized carbons (Fsp3) is 0.700. The minimum Gasteiger partial charge on any atom is -0.351 e. The van der Waals surface area contributed by atoms with Crippen molar-refractivity contribution in [3.05, 3.63) is 12.2 Å². The summed E-state index contributed by atoms with van der Waals surface area (Å²) in [6.07, 6.45) is 5.93. The first kappa shape index (κ1) is 10.3. The Balaban J connectivity index is 2.02. The Kier molecular flexibility index (Phi) is 4.54. The quantitative estimate of drug-likeness (QED) is 0.651. The van der Waals surface area contributed by atoms with Crippen LogP contribution < -0.4 is 5.32 Å². The van der Waals surface area contributed by atoms with Crippen molar-refractivity contribution in [2.75, 3.05) is 26.2 Å². The zero-order valence-corrected chi connectivity index (χ0v) is 8.25. The number of hydrogen-bond acceptors (Lipinski definition) is 2. The van der Waals surface area contributed by atoms with E-state index in [0.29, 0.717) is 0 Å². The number of hydrogen-bond donors (Lipinski definition) is 1. The van der Waals surface area contributed by atoms with Crippen LogP contribution >= 0.6 is 0 Å². The van der Waals surface area contributed by atoms with Crippen molar-refractivity contribution in [3.8, 4) is 0 Å². The smallest absolute Gasteiger partial charge is 0.243 e. The molecule has 1 amide bonds. The van der Waals surface area contributed by atoms with Gasteiger partial charge in [0, 0.05) is 13.1 Å². The Labute approximate surface area is 79.8 Å². The molecule has 1 fully saturated rings. The van der Waals surface area contributed by atoms with E-state index in [2.05, 4.69) is 10.2 Å². The lowest BCUT2D eigenvalue weighted by atomic mass is 10.4. The van der Waals surface area contributed by atoms with Crippen LogP contribution in [0.5, 0.6) is 0 Å². The summed E-state index contributed by atoms with van der Waals surface area (Å²) in [4.78, 5) is 13.4. The maximum atomic E-state index is 11.0. The van der Waals surface area contributed by atoms with Crippen LogP contribution in [0.2, 0.25) is 0 Å². The van der Waals surface area contributed by atoms with Crippen LogP contribution in [-0.4, -0.2) is 37.0 Å². The summed E-state index contributed by atoms with van der Waals surface area (Å²) in [5, 5.41) is 2.84. The fourth-order valence-electron chi connectivity index (χ4n) is 1.55. The first-order valence-electron chi connectivity index (χ1n) is 4.96. The lowest BCUT2D eigenvalue weighted by molar-refractivity contribution is -0.116. The number of carbonyl (C=O) groups is 1. The molecule has 0 unspecified atom stereocenters. The molecule has 13 heavy (non-hydrogen) atoms. The molecule has 1 rings (SSSR count). The second kappa shape index (κ2) is 5.75. The van der Waals surface area contributed by atoms with E-state index in [1.165, 1.54) is 25.9 Å². The summed E-state index contributed by atoms with van der Waals surface area (Å²) in [6, 6.07) is 0. The van der Waals surface area contributed by atoms with Crippen molar-refractivity contribution >= 4 is 5.91 Å². The van der Waals surface area contributed by atoms with E-state index in [-0.39, 0.29) is 5.91 Å². The monoisotopic (exact) mass is 182 g/mol. The predicted molar refractivity (Wildman–Crippen MR) is 53.5 cm³/mol. The van der Waals surface area contributed by atoms with Crippen LogP contribution in [0.15, 0.2) is 12.2 Å². The van der Waals surface area contributed by atoms with Gasteiger partial charge in [0.1, 0.15) is 0 Å². The number of amides is 1. The van der Waals surface area contributed by atoms with Crippen molar-refractivity contribution < 1.29 is 4.79 Å². The predicted octanol–water partition coefficient (Wildman–Crippen LogP) is 0.774. The Bertz CT molecular complexity index is 183. The number of likely N-dealkylation sites (tertiary alicyclic amines) is 1. The second-order valence-corrected chi connectivity index (χ2v) is 3.34. The molecule has 0 aromatic rings. The highest BCUT2D eigenvalue weighted by Crippen LogP contribution is 2.05. The molecule has 1 N–H and O–H groups in total. The van der Waals surface area contributed by atoms with Gasteiger partial charge < -0.3 is 10.2 Å². The third-order valence-corrected chi connectivity index (χ3v) is 2.24. The molecular formula is C10H18N2O. The summed E-state index contributed by atoms with van der Waals surface area (Å²) < 4.78 is 0. The van der Waals surface area contributed by atoms with Gasteiger partial charge in [0.15, 0.2) is 0 Å². The van der Waals surface area contributed by atoms with Crippen molar-refractivity contribution in [1.82, 2.24) is 10.2 Å². The molecule has 0 radical (unpaired) electrons. The van der Waals surface area contributed by atoms with Gasteiger partial charge in [-0.1, -0.05) is 6.08 Å². The Hall–Kier alpha value is -0.830. The maximum Gasteiger partial charge on any atom is 0.243 e. The van der Waals surface area contributed by atoms with Crippen LogP contribution in [0.3, 0.4) is 0 Å². The van der Waals surface area contributed by atoms with E-state index >= 15 is 0 Å². The number of nitrogens with zero attached hydrogens (tertiary/aromatic N) is 1. The van der Waals surface area contributed by atoms with Crippen LogP contribution in [-0.2, 0) is 4.79 Å². The van der Waals surface area contributed by atoms with Crippen LogP contribution in [0.25, 0.3) is 0 Å². The Morgan fingerprint density at radius 2 is 2.15 bits per heavy atom. The number of carbonyl (C=O) groups excluding carboxylic acids is 1. The molecule has 1 saturated heterocycles. The Morgan fingerprint density at radius 1 is 1.46 bits per heavy atom. The molecular weight excluding hydrogens is 164 g/mol. The third kappa shape index (κ3) is 4.08. The fourth-order valence-corrected chi connectivity index (χ4v) is 1.55. The molecule has 0 aromatic heterocycles. The third-order valence-electron chi connectivity index (χ3n) is 2.24. The first-order chi connectivity index (χ1) is 6.33. The van der Waals surface area contributed by atoms with Gasteiger partial charge in [-0.05, 0) is 38.9 Å². The normalized spacial score (nSPS) is 18.2. The van der Waals surface area contributed by atoms with E-state index in [1.807, 2.05) is 6.92 Å². The summed E-state index contributed by atoms with van der Waals surface area (Å²) >= 11 is 0. The van der Waals surface area contributed by atoms with Gasteiger partial charge in [-0.3, -0.25) is 4.79 Å². The Morgan fingerprint density at radius 3 is 2.77 bits per heavy atom. The lowest BCUT2D eigenvalue weighted by Crippen LogP contribution is -2.32. The highest BCUT2D eigenvalue weighted by atomic mass is 16.1. The molecule has 0 atom stereocenters. The zero-order valence-electron chi connectivity index (χ0n) is 8.25. The summed E-state index contributed by atoms with van der Waals surface area (Å²) in [6.45, 7) is 5.99. The number of allylic oxidation sites excluding steroid dienone is 1. The molecule has 0 aliphatic carbocycles. The van der Waals surface area contributed by atoms with Crippen LogP contribution in [0, 0.1) is 0 Å². The molecule has 0 bridgehead atoms. The number of rotatable bonds is 4. The molecule has 1 aliphatic rings. The molecule has 0 aromatic carbocycles. The van der Waals surface area contributed by atoms with Crippen molar-refractivity contribution in [2.45, 2.75) is 19.8 Å². The first-order valence-corrected chi connectivity index (χ1v) is 4.96. The maximum absolute atomic E-state index is 11.0. The summed E-state index contributed by atoms with van der Waals surface area (Å²) in [5.74, 6) is 0.0155. The van der Waals surface area contributed by atoms with E-state index in [4.69, 9.17) is 0 Å². The van der Waals surface area contributed by atoms with Crippen molar-refractivity contribution in [3.63, 3.8) is 0 Å². The van der Waals surface area contributed by atoms with E-state index in [0.717, 1.165) is 13.1 Å². The summed E-state index contributed by atoms with van der Waals surface area (Å²) in [7, 11) is 0. The lowest BCUT2D eigenvalue weighted by Gasteiger charge is -2.13. The van der Waals surface area contributed by atoms with E-state index in [1.54, 1.807) is 12.2 Å². The minimum atomic E-state index is 0.0155. The second-order valence-electron chi connectivity index (χ2n) is 3.34. The molecule has 3 nitrogen and oxygen atoms in total.